The molecule has 1 spiro atoms. The zero-order valence-corrected chi connectivity index (χ0v) is 25.7. The number of hydrogen-bond donors (Lipinski definition) is 3. The summed E-state index contributed by atoms with van der Waals surface area (Å²) in [6.07, 6.45) is 9.52. The van der Waals surface area contributed by atoms with E-state index in [1.54, 1.807) is 29.7 Å². The molecule has 3 fully saturated rings. The average Bonchev–Trinajstić information content (AvgIpc) is 3.64. The number of amides is 4. The number of nitrogens with zero attached hydrogens (tertiary/aromatic N) is 4. The van der Waals surface area contributed by atoms with Gasteiger partial charge in [-0.3, -0.25) is 19.3 Å². The Hall–Kier alpha value is -2.32. The number of thiol groups is 3. The molecule has 5 rings (SSSR count). The molecular formula is C27H36N4O7S3. The summed E-state index contributed by atoms with van der Waals surface area (Å²) >= 11 is 12.2. The zero-order valence-electron chi connectivity index (χ0n) is 23.0. The van der Waals surface area contributed by atoms with E-state index in [-0.39, 0.29) is 36.2 Å². The van der Waals surface area contributed by atoms with Crippen LogP contribution in [0.2, 0.25) is 0 Å². The minimum atomic E-state index is -1.23. The summed E-state index contributed by atoms with van der Waals surface area (Å²) in [5.41, 5.74) is -1.23. The Kier molecular flexibility index (Phi) is 8.38. The van der Waals surface area contributed by atoms with Gasteiger partial charge in [0.15, 0.2) is 4.93 Å². The number of rotatable bonds is 5. The summed E-state index contributed by atoms with van der Waals surface area (Å²) in [5, 5.41) is 0. The maximum Gasteiger partial charge on any atom is 0.412 e. The van der Waals surface area contributed by atoms with Crippen molar-refractivity contribution in [2.24, 2.45) is 5.92 Å². The molecule has 41 heavy (non-hydrogen) atoms. The highest BCUT2D eigenvalue weighted by Gasteiger charge is 2.58. The molecule has 0 aromatic carbocycles. The first kappa shape index (κ1) is 30.1. The number of carbonyl (C=O) groups excluding carboxylic acids is 5. The second-order valence-corrected chi connectivity index (χ2v) is 13.3. The van der Waals surface area contributed by atoms with E-state index >= 15 is 0 Å². The van der Waals surface area contributed by atoms with E-state index in [1.165, 1.54) is 9.80 Å². The summed E-state index contributed by atoms with van der Waals surface area (Å²) in [6.45, 7) is 3.68. The van der Waals surface area contributed by atoms with Crippen LogP contribution in [0.3, 0.4) is 0 Å². The fraction of sp³-hybridized carbons (Fsp3) is 0.667. The molecule has 0 radical (unpaired) electrons. The topological polar surface area (TPSA) is 117 Å². The van der Waals surface area contributed by atoms with E-state index < -0.39 is 40.7 Å². The molecule has 0 aliphatic carbocycles. The molecule has 5 aliphatic rings. The maximum absolute atomic E-state index is 14.2. The molecule has 0 aromatic heterocycles. The molecule has 0 saturated carbocycles. The molecule has 5 heterocycles. The van der Waals surface area contributed by atoms with Crippen molar-refractivity contribution in [1.29, 1.82) is 0 Å². The van der Waals surface area contributed by atoms with Crippen LogP contribution < -0.4 is 0 Å². The molecule has 11 nitrogen and oxygen atoms in total. The fourth-order valence-electron chi connectivity index (χ4n) is 6.89. The first-order valence-corrected chi connectivity index (χ1v) is 15.4. The molecule has 0 N–H and O–H groups in total. The summed E-state index contributed by atoms with van der Waals surface area (Å²) in [4.78, 5) is 72.4. The summed E-state index contributed by atoms with van der Waals surface area (Å²) in [5.74, 6) is -1.59. The third-order valence-corrected chi connectivity index (χ3v) is 9.39. The molecule has 14 heteroatoms. The smallest absolute Gasteiger partial charge is 0.412 e. The molecule has 0 aromatic rings. The molecule has 224 valence electrons. The fourth-order valence-corrected chi connectivity index (χ4v) is 7.34. The SMILES string of the molecule is CC(C)(S)OC(=O)N1CCC[C@]12C=C[C@@H]1CC[C@@H](C(=O)N3CC[C@@H]4C=C[C@@H](CS)N(CC(=O)OS)C(=O)[C@H]43)N1C2=O. The van der Waals surface area contributed by atoms with Gasteiger partial charge in [0.2, 0.25) is 11.8 Å². The van der Waals surface area contributed by atoms with Crippen molar-refractivity contribution in [3.63, 3.8) is 0 Å². The van der Waals surface area contributed by atoms with Gasteiger partial charge in [0.1, 0.15) is 24.2 Å². The molecular weight excluding hydrogens is 589 g/mol. The Bertz CT molecular complexity index is 1190. The van der Waals surface area contributed by atoms with Crippen molar-refractivity contribution < 1.29 is 32.9 Å². The van der Waals surface area contributed by atoms with Gasteiger partial charge in [-0.1, -0.05) is 24.3 Å². The largest absolute Gasteiger partial charge is 0.433 e. The number of carbonyl (C=O) groups is 5. The lowest BCUT2D eigenvalue weighted by Gasteiger charge is -2.44. The predicted molar refractivity (Wildman–Crippen MR) is 158 cm³/mol. The van der Waals surface area contributed by atoms with Crippen LogP contribution >= 0.6 is 38.2 Å². The van der Waals surface area contributed by atoms with Crippen molar-refractivity contribution in [3.8, 4) is 0 Å². The van der Waals surface area contributed by atoms with Crippen molar-refractivity contribution in [2.45, 2.75) is 80.6 Å². The second kappa shape index (κ2) is 11.4. The van der Waals surface area contributed by atoms with Crippen LogP contribution in [0.15, 0.2) is 24.3 Å². The first-order chi connectivity index (χ1) is 19.4. The summed E-state index contributed by atoms with van der Waals surface area (Å²) in [6, 6.07) is -2.30. The van der Waals surface area contributed by atoms with Gasteiger partial charge in [-0.05, 0) is 46.0 Å². The highest BCUT2D eigenvalue weighted by molar-refractivity contribution is 7.81. The Morgan fingerprint density at radius 2 is 1.85 bits per heavy atom. The quantitative estimate of drug-likeness (QED) is 0.185. The lowest BCUT2D eigenvalue weighted by Crippen LogP contribution is -2.64. The predicted octanol–water partition coefficient (Wildman–Crippen LogP) is 1.85. The van der Waals surface area contributed by atoms with Crippen molar-refractivity contribution in [3.05, 3.63) is 24.3 Å². The zero-order chi connectivity index (χ0) is 29.7. The monoisotopic (exact) mass is 624 g/mol. The maximum atomic E-state index is 14.2. The molecule has 6 atom stereocenters. The van der Waals surface area contributed by atoms with Gasteiger partial charge in [-0.25, -0.2) is 9.59 Å². The highest BCUT2D eigenvalue weighted by Crippen LogP contribution is 2.42. The summed E-state index contributed by atoms with van der Waals surface area (Å²) < 4.78 is 10.0. The van der Waals surface area contributed by atoms with Crippen LogP contribution in [0.4, 0.5) is 4.79 Å². The van der Waals surface area contributed by atoms with Crippen LogP contribution in [0, 0.1) is 5.92 Å². The van der Waals surface area contributed by atoms with Crippen molar-refractivity contribution in [2.75, 3.05) is 25.4 Å². The third-order valence-electron chi connectivity index (χ3n) is 8.72. The summed E-state index contributed by atoms with van der Waals surface area (Å²) in [7, 11) is 0. The van der Waals surface area contributed by atoms with Gasteiger partial charge in [-0.15, -0.1) is 12.6 Å². The Balaban J connectivity index is 1.40. The van der Waals surface area contributed by atoms with E-state index in [4.69, 9.17) is 4.74 Å². The lowest BCUT2D eigenvalue weighted by atomic mass is 9.89. The van der Waals surface area contributed by atoms with Gasteiger partial charge in [0.25, 0.3) is 5.91 Å². The standard InChI is InChI=1S/C27H36N4O7S3/c1-26(2,40)37-25(36)30-12-3-10-27(30)11-8-17-6-7-19(31(17)24(27)35)22(33)28-13-9-16-4-5-18(15-39)29(14-20(32)38-41)23(34)21(16)28/h4-5,8,11,16-19,21,39-41H,3,6-7,9-10,12-15H2,1-2H3/t16-,17-,18-,19-,21-,27+/m0/s1. The first-order valence-electron chi connectivity index (χ1n) is 13.9. The number of hydrogen-bond acceptors (Lipinski definition) is 10. The van der Waals surface area contributed by atoms with Crippen molar-refractivity contribution in [1.82, 2.24) is 19.6 Å². The Labute approximate surface area is 256 Å². The average molecular weight is 625 g/mol. The van der Waals surface area contributed by atoms with Crippen LogP contribution in [-0.2, 0) is 28.1 Å². The number of likely N-dealkylation sites (tertiary alicyclic amines) is 2. The van der Waals surface area contributed by atoms with Gasteiger partial charge >= 0.3 is 12.1 Å². The van der Waals surface area contributed by atoms with E-state index in [2.05, 4.69) is 42.4 Å². The normalized spacial score (nSPS) is 32.9. The van der Waals surface area contributed by atoms with Crippen molar-refractivity contribution >= 4 is 68.0 Å². The van der Waals surface area contributed by atoms with Gasteiger partial charge < -0.3 is 23.6 Å². The van der Waals surface area contributed by atoms with Gasteiger partial charge in [0, 0.05) is 37.7 Å². The van der Waals surface area contributed by atoms with E-state index in [1.807, 2.05) is 18.2 Å². The van der Waals surface area contributed by atoms with Gasteiger partial charge in [0.05, 0.1) is 12.1 Å². The number of fused-ring (bicyclic) bond motifs is 2. The van der Waals surface area contributed by atoms with Crippen LogP contribution in [0.1, 0.15) is 46.0 Å². The van der Waals surface area contributed by atoms with Crippen LogP contribution in [0.5, 0.6) is 0 Å². The van der Waals surface area contributed by atoms with Gasteiger partial charge in [-0.2, -0.15) is 12.6 Å². The lowest BCUT2D eigenvalue weighted by molar-refractivity contribution is -0.154. The Morgan fingerprint density at radius 1 is 1.10 bits per heavy atom. The minimum absolute atomic E-state index is 0.226. The third kappa shape index (κ3) is 5.35. The van der Waals surface area contributed by atoms with Crippen LogP contribution in [0.25, 0.3) is 0 Å². The van der Waals surface area contributed by atoms with E-state index in [0.717, 1.165) is 0 Å². The van der Waals surface area contributed by atoms with E-state index in [0.29, 0.717) is 50.9 Å². The van der Waals surface area contributed by atoms with E-state index in [9.17, 15) is 24.0 Å². The Morgan fingerprint density at radius 3 is 2.54 bits per heavy atom. The molecule has 3 saturated heterocycles. The molecule has 0 unspecified atom stereocenters. The van der Waals surface area contributed by atoms with Crippen LogP contribution in [-0.4, -0.2) is 109 Å². The minimum Gasteiger partial charge on any atom is -0.433 e. The molecule has 0 bridgehead atoms. The number of ether oxygens (including phenoxy) is 1. The molecule has 4 amide bonds. The molecule has 5 aliphatic heterocycles. The highest BCUT2D eigenvalue weighted by atomic mass is 32.1. The second-order valence-electron chi connectivity index (χ2n) is 11.7.